The molecule has 1 aliphatic heterocycles. The number of aromatic nitrogens is 1. The van der Waals surface area contributed by atoms with Crippen LogP contribution in [0.5, 0.6) is 0 Å². The first kappa shape index (κ1) is 21.0. The van der Waals surface area contributed by atoms with Crippen LogP contribution in [0.25, 0.3) is 0 Å². The normalized spacial score (nSPS) is 22.0. The Labute approximate surface area is 183 Å². The Morgan fingerprint density at radius 3 is 2.58 bits per heavy atom. The first-order valence-electron chi connectivity index (χ1n) is 10.9. The third-order valence-electron chi connectivity index (χ3n) is 6.19. The fourth-order valence-electron chi connectivity index (χ4n) is 4.44. The predicted octanol–water partition coefficient (Wildman–Crippen LogP) is 4.78. The quantitative estimate of drug-likeness (QED) is 0.710. The van der Waals surface area contributed by atoms with Crippen molar-refractivity contribution in [1.82, 2.24) is 10.3 Å². The van der Waals surface area contributed by atoms with E-state index in [1.54, 1.807) is 6.20 Å². The minimum Gasteiger partial charge on any atom is -0.459 e. The molecule has 31 heavy (non-hydrogen) atoms. The van der Waals surface area contributed by atoms with Gasteiger partial charge in [-0.1, -0.05) is 43.3 Å². The number of allylic oxidation sites excluding steroid dienone is 3. The number of dihydropyridines is 1. The lowest BCUT2D eigenvalue weighted by atomic mass is 9.73. The fourth-order valence-corrected chi connectivity index (χ4v) is 4.44. The van der Waals surface area contributed by atoms with Crippen molar-refractivity contribution in [1.29, 1.82) is 0 Å². The van der Waals surface area contributed by atoms with Crippen molar-refractivity contribution in [2.45, 2.75) is 58.0 Å². The van der Waals surface area contributed by atoms with E-state index in [2.05, 4.69) is 22.4 Å². The van der Waals surface area contributed by atoms with Gasteiger partial charge in [-0.3, -0.25) is 9.78 Å². The van der Waals surface area contributed by atoms with Crippen LogP contribution in [0.1, 0.15) is 63.1 Å². The number of rotatable bonds is 5. The van der Waals surface area contributed by atoms with Crippen molar-refractivity contribution < 1.29 is 14.3 Å². The van der Waals surface area contributed by atoms with Gasteiger partial charge < -0.3 is 10.1 Å². The van der Waals surface area contributed by atoms with Gasteiger partial charge in [0.2, 0.25) is 0 Å². The van der Waals surface area contributed by atoms with Crippen LogP contribution >= 0.6 is 0 Å². The summed E-state index contributed by atoms with van der Waals surface area (Å²) >= 11 is 0. The van der Waals surface area contributed by atoms with Gasteiger partial charge in [0.05, 0.1) is 23.3 Å². The highest BCUT2D eigenvalue weighted by Crippen LogP contribution is 2.45. The summed E-state index contributed by atoms with van der Waals surface area (Å²) in [6.07, 6.45) is 3.37. The summed E-state index contributed by atoms with van der Waals surface area (Å²) in [7, 11) is 0. The Morgan fingerprint density at radius 1 is 1.16 bits per heavy atom. The second-order valence-corrected chi connectivity index (χ2v) is 8.31. The third kappa shape index (κ3) is 4.18. The standard InChI is InChI=1S/C26H28N2O3/c1-4-16(2)31-26(30)23-17(3)28-21-14-19(18-10-6-5-7-11-18)15-22(29)24(21)25(23)20-12-8-9-13-27-20/h5-13,16,19,25,28H,4,14-15H2,1-3H3/t16-,19+,25+/m0/s1. The number of Topliss-reactive ketones (excluding diaryl/α,β-unsaturated/α-hetero) is 1. The first-order chi connectivity index (χ1) is 15.0. The average molecular weight is 417 g/mol. The molecule has 2 heterocycles. The molecule has 1 N–H and O–H groups in total. The van der Waals surface area contributed by atoms with E-state index in [0.717, 1.165) is 29.8 Å². The highest BCUT2D eigenvalue weighted by molar-refractivity contribution is 6.04. The molecule has 2 aromatic rings. The van der Waals surface area contributed by atoms with E-state index < -0.39 is 5.92 Å². The second kappa shape index (κ2) is 8.88. The molecule has 0 unspecified atom stereocenters. The molecule has 4 rings (SSSR count). The number of ketones is 1. The minimum atomic E-state index is -0.516. The van der Waals surface area contributed by atoms with Crippen LogP contribution in [0.2, 0.25) is 0 Å². The summed E-state index contributed by atoms with van der Waals surface area (Å²) < 4.78 is 5.67. The summed E-state index contributed by atoms with van der Waals surface area (Å²) in [6.45, 7) is 5.73. The third-order valence-corrected chi connectivity index (χ3v) is 6.19. The highest BCUT2D eigenvalue weighted by Gasteiger charge is 2.42. The summed E-state index contributed by atoms with van der Waals surface area (Å²) in [6, 6.07) is 15.7. The number of hydrogen-bond acceptors (Lipinski definition) is 5. The van der Waals surface area contributed by atoms with Gasteiger partial charge in [-0.15, -0.1) is 0 Å². The number of benzene rings is 1. The molecule has 1 aromatic heterocycles. The largest absolute Gasteiger partial charge is 0.459 e. The Hall–Kier alpha value is -3.21. The molecule has 1 aromatic carbocycles. The maximum atomic E-state index is 13.4. The molecule has 0 bridgehead atoms. The Morgan fingerprint density at radius 2 is 1.90 bits per heavy atom. The topological polar surface area (TPSA) is 68.3 Å². The van der Waals surface area contributed by atoms with Gasteiger partial charge in [-0.05, 0) is 50.3 Å². The van der Waals surface area contributed by atoms with Gasteiger partial charge >= 0.3 is 5.97 Å². The minimum absolute atomic E-state index is 0.0552. The number of pyridine rings is 1. The van der Waals surface area contributed by atoms with Crippen LogP contribution in [0, 0.1) is 0 Å². The molecule has 5 nitrogen and oxygen atoms in total. The van der Waals surface area contributed by atoms with Crippen LogP contribution in [0.4, 0.5) is 0 Å². The van der Waals surface area contributed by atoms with E-state index in [1.807, 2.05) is 57.2 Å². The molecule has 5 heteroatoms. The maximum absolute atomic E-state index is 13.4. The van der Waals surface area contributed by atoms with Gasteiger partial charge in [-0.25, -0.2) is 4.79 Å². The van der Waals surface area contributed by atoms with Crippen molar-refractivity contribution in [3.05, 3.63) is 88.5 Å². The van der Waals surface area contributed by atoms with Crippen LogP contribution in [0.15, 0.2) is 77.3 Å². The lowest BCUT2D eigenvalue weighted by molar-refractivity contribution is -0.144. The van der Waals surface area contributed by atoms with E-state index in [9.17, 15) is 9.59 Å². The molecule has 0 amide bonds. The molecule has 1 aliphatic carbocycles. The lowest BCUT2D eigenvalue weighted by Crippen LogP contribution is -2.36. The van der Waals surface area contributed by atoms with Gasteiger partial charge in [0.15, 0.2) is 5.78 Å². The molecule has 0 saturated carbocycles. The summed E-state index contributed by atoms with van der Waals surface area (Å²) in [5.41, 5.74) is 4.58. The number of nitrogens with one attached hydrogen (secondary N) is 1. The number of ether oxygens (including phenoxy) is 1. The summed E-state index contributed by atoms with van der Waals surface area (Å²) in [5, 5.41) is 3.38. The molecular formula is C26H28N2O3. The van der Waals surface area contributed by atoms with E-state index in [0.29, 0.717) is 23.3 Å². The van der Waals surface area contributed by atoms with Crippen LogP contribution in [-0.2, 0) is 14.3 Å². The number of nitrogens with zero attached hydrogens (tertiary/aromatic N) is 1. The zero-order valence-corrected chi connectivity index (χ0v) is 18.2. The molecule has 2 aliphatic rings. The molecular weight excluding hydrogens is 388 g/mol. The average Bonchev–Trinajstić information content (AvgIpc) is 2.79. The van der Waals surface area contributed by atoms with Crippen molar-refractivity contribution in [2.24, 2.45) is 0 Å². The van der Waals surface area contributed by atoms with E-state index in [-0.39, 0.29) is 23.8 Å². The van der Waals surface area contributed by atoms with E-state index >= 15 is 0 Å². The lowest BCUT2D eigenvalue weighted by Gasteiger charge is -2.36. The van der Waals surface area contributed by atoms with E-state index in [1.165, 1.54) is 0 Å². The zero-order valence-electron chi connectivity index (χ0n) is 18.2. The van der Waals surface area contributed by atoms with Crippen LogP contribution in [0.3, 0.4) is 0 Å². The SMILES string of the molecule is CC[C@H](C)OC(=O)C1=C(C)NC2=C(C(=O)C[C@H](c3ccccc3)C2)[C@@H]1c1ccccn1. The fraction of sp³-hybridized carbons (Fsp3) is 0.346. The molecule has 0 spiro atoms. The predicted molar refractivity (Wildman–Crippen MR) is 119 cm³/mol. The number of esters is 1. The monoisotopic (exact) mass is 416 g/mol. The Bertz CT molecular complexity index is 1040. The highest BCUT2D eigenvalue weighted by atomic mass is 16.5. The smallest absolute Gasteiger partial charge is 0.337 e. The van der Waals surface area contributed by atoms with E-state index in [4.69, 9.17) is 4.74 Å². The molecule has 0 radical (unpaired) electrons. The van der Waals surface area contributed by atoms with Crippen LogP contribution < -0.4 is 5.32 Å². The second-order valence-electron chi connectivity index (χ2n) is 8.31. The maximum Gasteiger partial charge on any atom is 0.337 e. The van der Waals surface area contributed by atoms with Crippen LogP contribution in [-0.4, -0.2) is 22.8 Å². The molecule has 0 fully saturated rings. The van der Waals surface area contributed by atoms with Crippen molar-refractivity contribution in [3.8, 4) is 0 Å². The molecule has 3 atom stereocenters. The number of hydrogen-bond donors (Lipinski definition) is 1. The van der Waals surface area contributed by atoms with Gasteiger partial charge in [0.25, 0.3) is 0 Å². The van der Waals surface area contributed by atoms with Gasteiger partial charge in [-0.2, -0.15) is 0 Å². The van der Waals surface area contributed by atoms with Gasteiger partial charge in [0, 0.05) is 29.6 Å². The Kier molecular flexibility index (Phi) is 6.03. The molecule has 160 valence electrons. The van der Waals surface area contributed by atoms with Crippen molar-refractivity contribution in [3.63, 3.8) is 0 Å². The first-order valence-corrected chi connectivity index (χ1v) is 10.9. The van der Waals surface area contributed by atoms with Crippen molar-refractivity contribution in [2.75, 3.05) is 0 Å². The summed E-state index contributed by atoms with van der Waals surface area (Å²) in [5.74, 6) is -0.733. The summed E-state index contributed by atoms with van der Waals surface area (Å²) in [4.78, 5) is 31.1. The van der Waals surface area contributed by atoms with Gasteiger partial charge in [0.1, 0.15) is 0 Å². The number of carbonyl (C=O) groups is 2. The zero-order chi connectivity index (χ0) is 22.0. The molecule has 0 saturated heterocycles. The van der Waals surface area contributed by atoms with Crippen molar-refractivity contribution >= 4 is 11.8 Å². The Balaban J connectivity index is 1.76. The number of carbonyl (C=O) groups excluding carboxylic acids is 2.